The van der Waals surface area contributed by atoms with E-state index in [1.807, 2.05) is 41.8 Å². The van der Waals surface area contributed by atoms with E-state index < -0.39 is 41.3 Å². The van der Waals surface area contributed by atoms with E-state index in [4.69, 9.17) is 14.5 Å². The molecule has 0 aliphatic rings. The Balaban J connectivity index is 2.01. The second kappa shape index (κ2) is 13.5. The molecule has 11 heteroatoms. The molecule has 0 amide bonds. The Hall–Kier alpha value is 2.23. The summed E-state index contributed by atoms with van der Waals surface area (Å²) in [5, 5.41) is 0. The molecule has 0 spiro atoms. The quantitative estimate of drug-likeness (QED) is 0.163. The van der Waals surface area contributed by atoms with E-state index in [2.05, 4.69) is 76.9 Å². The predicted molar refractivity (Wildman–Crippen MR) is 136 cm³/mol. The van der Waals surface area contributed by atoms with Gasteiger partial charge < -0.3 is 11.7 Å². The lowest BCUT2D eigenvalue weighted by Gasteiger charge is -2.17. The first-order chi connectivity index (χ1) is 12.2. The fourth-order valence-corrected chi connectivity index (χ4v) is 11.4. The third-order valence-corrected chi connectivity index (χ3v) is 14.2. The van der Waals surface area contributed by atoms with Gasteiger partial charge in [0.2, 0.25) is 8.38 Å². The molecule has 1 unspecified atom stereocenters. The smallest absolute Gasteiger partial charge is 0.455 e. The van der Waals surface area contributed by atoms with Gasteiger partial charge in [-0.05, 0) is 28.8 Å². The summed E-state index contributed by atoms with van der Waals surface area (Å²) in [6.07, 6.45) is 0.880. The highest BCUT2D eigenvalue weighted by Gasteiger charge is 2.11. The van der Waals surface area contributed by atoms with Gasteiger partial charge in [-0.3, -0.25) is 2.85 Å². The molecule has 2 aromatic carbocycles. The fourth-order valence-electron chi connectivity index (χ4n) is 2.06. The van der Waals surface area contributed by atoms with Gasteiger partial charge in [0.15, 0.2) is 0 Å². The van der Waals surface area contributed by atoms with Crippen molar-refractivity contribution in [1.29, 1.82) is 0 Å². The molecule has 0 heterocycles. The number of halogens is 3. The average Bonchev–Trinajstić information content (AvgIpc) is 2.63. The molecular weight excluding hydrogens is 729 g/mol. The monoisotopic (exact) mass is 744 g/mol. The van der Waals surface area contributed by atoms with Gasteiger partial charge in [0, 0.05) is 12.8 Å². The molecule has 4 nitrogen and oxygen atoms in total. The topological polar surface area (TPSA) is 36.9 Å². The lowest BCUT2D eigenvalue weighted by Crippen LogP contribution is -1.95. The first-order valence-electron chi connectivity index (χ1n) is 7.21. The summed E-state index contributed by atoms with van der Waals surface area (Å²) in [5.74, 6) is 0.830. The van der Waals surface area contributed by atoms with Crippen molar-refractivity contribution in [1.82, 2.24) is 0 Å². The van der Waals surface area contributed by atoms with Crippen molar-refractivity contribution in [2.75, 3.05) is 6.66 Å². The maximum Gasteiger partial charge on any atom is 0.530 e. The van der Waals surface area contributed by atoms with Crippen molar-refractivity contribution in [3.63, 3.8) is 0 Å². The van der Waals surface area contributed by atoms with E-state index in [1.54, 1.807) is 0 Å². The normalized spacial score (nSPS) is 12.0. The zero-order valence-electron chi connectivity index (χ0n) is 13.4. The lowest BCUT2D eigenvalue weighted by molar-refractivity contribution is 0.542. The Morgan fingerprint density at radius 1 is 0.880 bits per heavy atom. The number of hydrogen-bond donors (Lipinski definition) is 0. The van der Waals surface area contributed by atoms with Crippen molar-refractivity contribution in [3.05, 3.63) is 54.1 Å². The maximum absolute atomic E-state index is 5.83. The van der Waals surface area contributed by atoms with E-state index in [0.717, 1.165) is 11.9 Å². The van der Waals surface area contributed by atoms with Crippen LogP contribution in [0.2, 0.25) is 0 Å². The predicted octanol–water partition coefficient (Wildman–Crippen LogP) is 6.29. The van der Waals surface area contributed by atoms with E-state index in [-0.39, 0.29) is 0 Å². The van der Waals surface area contributed by atoms with Crippen LogP contribution in [0.4, 0.5) is 0 Å². The van der Waals surface area contributed by atoms with Crippen LogP contribution in [0.3, 0.4) is 0 Å². The third-order valence-electron chi connectivity index (χ3n) is 3.17. The molecule has 0 radical (unpaired) electrons. The van der Waals surface area contributed by atoms with Crippen LogP contribution >= 0.6 is 80.3 Å². The summed E-state index contributed by atoms with van der Waals surface area (Å²) in [4.78, 5) is 0. The summed E-state index contributed by atoms with van der Waals surface area (Å²) in [6, 6.07) is 16.8. The molecule has 0 fully saturated rings. The molecule has 2 rings (SSSR count). The van der Waals surface area contributed by atoms with Gasteiger partial charge in [-0.25, -0.2) is 0 Å². The van der Waals surface area contributed by atoms with Crippen LogP contribution in [-0.2, 0) is 16.2 Å². The molecule has 0 saturated heterocycles. The molecule has 2 aromatic rings. The summed E-state index contributed by atoms with van der Waals surface area (Å²) in [6.45, 7) is 1.93. The Kier molecular flexibility index (Phi) is 12.7. The molecule has 1 atom stereocenters. The second-order valence-corrected chi connectivity index (χ2v) is 14.4. The Labute approximate surface area is 200 Å². The van der Waals surface area contributed by atoms with Crippen LogP contribution in [-0.4, -0.2) is 31.2 Å². The van der Waals surface area contributed by atoms with Crippen LogP contribution in [0, 0.1) is 0 Å². The van der Waals surface area contributed by atoms with Gasteiger partial charge >= 0.3 is 24.5 Å². The van der Waals surface area contributed by atoms with Crippen LogP contribution in [0.1, 0.15) is 5.56 Å². The molecule has 0 aromatic heterocycles. The number of benzene rings is 2. The van der Waals surface area contributed by atoms with Gasteiger partial charge in [-0.15, -0.1) is 0 Å². The molecule has 0 aliphatic heterocycles. The largest absolute Gasteiger partial charge is 0.530 e. The molecule has 132 valence electrons. The third kappa shape index (κ3) is 8.64. The highest BCUT2D eigenvalue weighted by molar-refractivity contribution is 14.1. The van der Waals surface area contributed by atoms with Gasteiger partial charge in [0.1, 0.15) is 37.1 Å². The Morgan fingerprint density at radius 2 is 1.40 bits per heavy atom. The molecule has 0 N–H and O–H groups in total. The van der Waals surface area contributed by atoms with E-state index in [1.165, 1.54) is 16.7 Å². The molecular formula is C14H15Al2I3O4P2. The van der Waals surface area contributed by atoms with Crippen LogP contribution in [0.5, 0.6) is 5.75 Å². The highest BCUT2D eigenvalue weighted by Crippen LogP contribution is 2.42. The van der Waals surface area contributed by atoms with E-state index in [0.29, 0.717) is 0 Å². The van der Waals surface area contributed by atoms with Crippen LogP contribution < -0.4 is 4.52 Å². The van der Waals surface area contributed by atoms with Crippen LogP contribution in [0.15, 0.2) is 48.5 Å². The molecule has 0 bridgehead atoms. The molecule has 25 heavy (non-hydrogen) atoms. The maximum atomic E-state index is 5.83. The summed E-state index contributed by atoms with van der Waals surface area (Å²) in [5.41, 5.74) is 3.63. The van der Waals surface area contributed by atoms with E-state index in [9.17, 15) is 0 Å². The summed E-state index contributed by atoms with van der Waals surface area (Å²) < 4.78 is 22.5. The van der Waals surface area contributed by atoms with E-state index >= 15 is 0 Å². The zero-order chi connectivity index (χ0) is 18.1. The standard InChI is InChI=1S/C14H13IO4P2.2Al.2HI.2H/c1-20(19-15)18-14-8-6-13(7-9-14)12-4-2-11(3-5-12)10-21(16)17;;;;;;/h2-9H,10H2,1H3;;;2*1H;;/q-2;2*+2;;;;/p-2. The van der Waals surface area contributed by atoms with Crippen molar-refractivity contribution in [3.8, 4) is 16.9 Å². The Bertz CT molecular complexity index is 631. The number of rotatable bonds is 10. The van der Waals surface area contributed by atoms with Gasteiger partial charge in [-0.1, -0.05) is 36.4 Å². The minimum Gasteiger partial charge on any atom is -0.455 e. The van der Waals surface area contributed by atoms with Crippen LogP contribution in [0.25, 0.3) is 11.1 Å². The lowest BCUT2D eigenvalue weighted by atomic mass is 10.0. The minimum atomic E-state index is -0.869. The number of hydrogen-bond acceptors (Lipinski definition) is 4. The van der Waals surface area contributed by atoms with Crippen molar-refractivity contribution in [2.24, 2.45) is 0 Å². The SMILES string of the molecule is CP(OI)Oc1ccc(-c2ccc(CP([O][AlH][I])[O][AlH][I])cc2)cc1. The Morgan fingerprint density at radius 3 is 1.88 bits per heavy atom. The van der Waals surface area contributed by atoms with Gasteiger partial charge in [0.05, 0.1) is 0 Å². The molecule has 0 saturated carbocycles. The average molecular weight is 744 g/mol. The first kappa shape index (κ1) is 23.5. The second-order valence-electron chi connectivity index (χ2n) is 4.79. The van der Waals surface area contributed by atoms with Crippen molar-refractivity contribution in [2.45, 2.75) is 6.16 Å². The molecule has 0 aliphatic carbocycles. The highest BCUT2D eigenvalue weighted by atomic mass is 127. The summed E-state index contributed by atoms with van der Waals surface area (Å²) in [7, 11) is -1.60. The minimum absolute atomic E-state index is 0.461. The zero-order valence-corrected chi connectivity index (χ0v) is 24.5. The van der Waals surface area contributed by atoms with Crippen molar-refractivity contribution >= 4 is 105 Å². The van der Waals surface area contributed by atoms with Gasteiger partial charge in [0.25, 0.3) is 0 Å². The fraction of sp³-hybridized carbons (Fsp3) is 0.143. The summed E-state index contributed by atoms with van der Waals surface area (Å²) >= 11 is 5.66. The van der Waals surface area contributed by atoms with Crippen molar-refractivity contribution < 1.29 is 14.5 Å². The van der Waals surface area contributed by atoms with Gasteiger partial charge in [-0.2, -0.15) is 40.5 Å². The first-order valence-corrected chi connectivity index (χ1v) is 22.5.